The number of aryl methyl sites for hydroxylation is 1. The number of rotatable bonds is 4. The van der Waals surface area contributed by atoms with Crippen molar-refractivity contribution in [3.63, 3.8) is 0 Å². The van der Waals surface area contributed by atoms with Crippen LogP contribution >= 0.6 is 11.3 Å². The molecule has 0 radical (unpaired) electrons. The van der Waals surface area contributed by atoms with E-state index in [4.69, 9.17) is 15.7 Å². The highest BCUT2D eigenvalue weighted by Crippen LogP contribution is 2.24. The minimum absolute atomic E-state index is 0.0489. The van der Waals surface area contributed by atoms with E-state index >= 15 is 0 Å². The fourth-order valence-electron chi connectivity index (χ4n) is 1.89. The van der Waals surface area contributed by atoms with Crippen molar-refractivity contribution in [3.05, 3.63) is 45.6 Å². The van der Waals surface area contributed by atoms with Gasteiger partial charge in [-0.2, -0.15) is 0 Å². The number of carbonyl (C=O) groups excluding carboxylic acids is 1. The number of hydrogen-bond acceptors (Lipinski definition) is 5. The molecule has 0 aliphatic heterocycles. The molecule has 6 nitrogen and oxygen atoms in total. The van der Waals surface area contributed by atoms with Crippen LogP contribution in [0.4, 0.5) is 5.69 Å². The van der Waals surface area contributed by atoms with Gasteiger partial charge in [0.05, 0.1) is 17.7 Å². The maximum absolute atomic E-state index is 12.2. The van der Waals surface area contributed by atoms with Crippen LogP contribution in [0.1, 0.15) is 20.8 Å². The molecule has 21 heavy (non-hydrogen) atoms. The number of amides is 1. The highest BCUT2D eigenvalue weighted by Gasteiger charge is 2.15. The van der Waals surface area contributed by atoms with Gasteiger partial charge in [-0.15, -0.1) is 11.3 Å². The molecule has 0 spiro atoms. The van der Waals surface area contributed by atoms with E-state index in [1.165, 1.54) is 11.3 Å². The monoisotopic (exact) mass is 305 g/mol. The molecule has 0 saturated heterocycles. The average molecular weight is 305 g/mol. The smallest absolute Gasteiger partial charge is 0.265 e. The maximum Gasteiger partial charge on any atom is 0.265 e. The van der Waals surface area contributed by atoms with Gasteiger partial charge >= 0.3 is 0 Å². The second kappa shape index (κ2) is 6.27. The Labute approximate surface area is 125 Å². The Bertz CT molecular complexity index is 695. The zero-order valence-electron chi connectivity index (χ0n) is 11.6. The summed E-state index contributed by atoms with van der Waals surface area (Å²) in [5, 5.41) is 16.4. The molecule has 2 rings (SSSR count). The molecule has 0 bridgehead atoms. The Hall–Kier alpha value is -2.54. The van der Waals surface area contributed by atoms with Gasteiger partial charge in [-0.25, -0.2) is 0 Å². The first-order chi connectivity index (χ1) is 10.1. The third kappa shape index (κ3) is 3.14. The number of nitrogens with zero attached hydrogens (tertiary/aromatic N) is 1. The number of benzene rings is 1. The Kier molecular flexibility index (Phi) is 4.44. The van der Waals surface area contributed by atoms with Gasteiger partial charge in [0.15, 0.2) is 5.84 Å². The predicted molar refractivity (Wildman–Crippen MR) is 82.5 cm³/mol. The number of carbonyl (C=O) groups is 1. The number of anilines is 1. The van der Waals surface area contributed by atoms with Crippen molar-refractivity contribution >= 4 is 28.8 Å². The van der Waals surface area contributed by atoms with E-state index in [9.17, 15) is 4.79 Å². The van der Waals surface area contributed by atoms with Gasteiger partial charge < -0.3 is 21.0 Å². The van der Waals surface area contributed by atoms with Gasteiger partial charge in [0.2, 0.25) is 0 Å². The van der Waals surface area contributed by atoms with Gasteiger partial charge in [-0.05, 0) is 18.6 Å². The lowest BCUT2D eigenvalue weighted by molar-refractivity contribution is 0.103. The molecule has 110 valence electrons. The molecule has 0 atom stereocenters. The summed E-state index contributed by atoms with van der Waals surface area (Å²) in [6, 6.07) is 6.95. The molecule has 0 aliphatic rings. The molecule has 4 N–H and O–H groups in total. The zero-order chi connectivity index (χ0) is 15.4. The number of hydrogen-bond donors (Lipinski definition) is 3. The van der Waals surface area contributed by atoms with Crippen LogP contribution in [0.2, 0.25) is 0 Å². The van der Waals surface area contributed by atoms with Crippen molar-refractivity contribution in [1.82, 2.24) is 0 Å². The summed E-state index contributed by atoms with van der Waals surface area (Å²) < 4.78 is 5.05. The second-order valence-electron chi connectivity index (χ2n) is 4.29. The number of nitrogens with two attached hydrogens (primary N) is 1. The molecule has 1 heterocycles. The van der Waals surface area contributed by atoms with Crippen LogP contribution in [-0.4, -0.2) is 24.1 Å². The molecule has 0 fully saturated rings. The van der Waals surface area contributed by atoms with E-state index in [0.29, 0.717) is 21.9 Å². The first kappa shape index (κ1) is 14.9. The highest BCUT2D eigenvalue weighted by atomic mass is 32.1. The molecular weight excluding hydrogens is 290 g/mol. The SMILES string of the molecule is COc1csc(C(=O)Nc2cccc(C)c2/C(N)=N/O)c1. The van der Waals surface area contributed by atoms with Crippen molar-refractivity contribution < 1.29 is 14.7 Å². The predicted octanol–water partition coefficient (Wildman–Crippen LogP) is 2.41. The molecule has 0 unspecified atom stereocenters. The summed E-state index contributed by atoms with van der Waals surface area (Å²) >= 11 is 1.28. The molecule has 1 amide bonds. The number of nitrogens with one attached hydrogen (secondary N) is 1. The number of ether oxygens (including phenoxy) is 1. The minimum atomic E-state index is -0.277. The third-order valence-electron chi connectivity index (χ3n) is 2.92. The van der Waals surface area contributed by atoms with Crippen LogP contribution in [0, 0.1) is 6.92 Å². The largest absolute Gasteiger partial charge is 0.496 e. The fraction of sp³-hybridized carbons (Fsp3) is 0.143. The van der Waals surface area contributed by atoms with Crippen molar-refractivity contribution in [3.8, 4) is 5.75 Å². The van der Waals surface area contributed by atoms with E-state index in [1.54, 1.807) is 30.7 Å². The Morgan fingerprint density at radius 3 is 2.86 bits per heavy atom. The van der Waals surface area contributed by atoms with Crippen molar-refractivity contribution in [2.45, 2.75) is 6.92 Å². The molecular formula is C14H15N3O3S. The van der Waals surface area contributed by atoms with E-state index in [0.717, 1.165) is 5.56 Å². The van der Waals surface area contributed by atoms with Crippen LogP contribution in [0.3, 0.4) is 0 Å². The van der Waals surface area contributed by atoms with E-state index in [1.807, 2.05) is 13.0 Å². The second-order valence-corrected chi connectivity index (χ2v) is 5.20. The minimum Gasteiger partial charge on any atom is -0.496 e. The molecule has 1 aromatic heterocycles. The van der Waals surface area contributed by atoms with Crippen molar-refractivity contribution in [2.24, 2.45) is 10.9 Å². The topological polar surface area (TPSA) is 96.9 Å². The van der Waals surface area contributed by atoms with Crippen LogP contribution in [-0.2, 0) is 0 Å². The molecule has 2 aromatic rings. The van der Waals surface area contributed by atoms with E-state index < -0.39 is 0 Å². The number of thiophene rings is 1. The van der Waals surface area contributed by atoms with Crippen molar-refractivity contribution in [1.29, 1.82) is 0 Å². The van der Waals surface area contributed by atoms with Crippen LogP contribution in [0.15, 0.2) is 34.8 Å². The molecule has 0 saturated carbocycles. The molecule has 1 aromatic carbocycles. The summed E-state index contributed by atoms with van der Waals surface area (Å²) in [6.07, 6.45) is 0. The Balaban J connectivity index is 2.31. The number of oxime groups is 1. The van der Waals surface area contributed by atoms with Crippen LogP contribution < -0.4 is 15.8 Å². The fourth-order valence-corrected chi connectivity index (χ4v) is 2.64. The summed E-state index contributed by atoms with van der Waals surface area (Å²) in [5.41, 5.74) is 7.45. The zero-order valence-corrected chi connectivity index (χ0v) is 12.4. The lowest BCUT2D eigenvalue weighted by atomic mass is 10.1. The standard InChI is InChI=1S/C14H15N3O3S/c1-8-4-3-5-10(12(8)13(15)17-19)16-14(18)11-6-9(20-2)7-21-11/h3-7,19H,1-2H3,(H2,15,17)(H,16,18). The quantitative estimate of drug-likeness (QED) is 0.350. The van der Waals surface area contributed by atoms with E-state index in [-0.39, 0.29) is 11.7 Å². The van der Waals surface area contributed by atoms with Gasteiger partial charge in [0, 0.05) is 17.0 Å². The highest BCUT2D eigenvalue weighted by molar-refractivity contribution is 7.12. The first-order valence-electron chi connectivity index (χ1n) is 6.08. The van der Waals surface area contributed by atoms with Gasteiger partial charge in [-0.1, -0.05) is 17.3 Å². The summed E-state index contributed by atoms with van der Waals surface area (Å²) in [5.74, 6) is 0.305. The summed E-state index contributed by atoms with van der Waals surface area (Å²) in [7, 11) is 1.54. The lowest BCUT2D eigenvalue weighted by Crippen LogP contribution is -2.20. The maximum atomic E-state index is 12.2. The van der Waals surface area contributed by atoms with Gasteiger partial charge in [-0.3, -0.25) is 4.79 Å². The summed E-state index contributed by atoms with van der Waals surface area (Å²) in [4.78, 5) is 12.7. The number of methoxy groups -OCH3 is 1. The lowest BCUT2D eigenvalue weighted by Gasteiger charge is -2.11. The van der Waals surface area contributed by atoms with Gasteiger partial charge in [0.25, 0.3) is 5.91 Å². The summed E-state index contributed by atoms with van der Waals surface area (Å²) in [6.45, 7) is 1.82. The van der Waals surface area contributed by atoms with Gasteiger partial charge in [0.1, 0.15) is 5.75 Å². The van der Waals surface area contributed by atoms with Crippen molar-refractivity contribution in [2.75, 3.05) is 12.4 Å². The molecule has 7 heteroatoms. The Morgan fingerprint density at radius 2 is 2.24 bits per heavy atom. The third-order valence-corrected chi connectivity index (χ3v) is 3.83. The number of amidine groups is 1. The van der Waals surface area contributed by atoms with E-state index in [2.05, 4.69) is 10.5 Å². The van der Waals surface area contributed by atoms with Crippen LogP contribution in [0.25, 0.3) is 0 Å². The molecule has 0 aliphatic carbocycles. The first-order valence-corrected chi connectivity index (χ1v) is 6.96. The normalized spacial score (nSPS) is 11.2. The average Bonchev–Trinajstić information content (AvgIpc) is 2.96. The Morgan fingerprint density at radius 1 is 1.48 bits per heavy atom. The van der Waals surface area contributed by atoms with Crippen LogP contribution in [0.5, 0.6) is 5.75 Å².